The van der Waals surface area contributed by atoms with E-state index in [2.05, 4.69) is 17.3 Å². The molecule has 0 saturated heterocycles. The molecule has 0 aliphatic carbocycles. The lowest BCUT2D eigenvalue weighted by Crippen LogP contribution is -2.33. The van der Waals surface area contributed by atoms with Gasteiger partial charge in [-0.05, 0) is 24.9 Å². The Kier molecular flexibility index (Phi) is 6.07. The molecule has 0 aliphatic heterocycles. The SMILES string of the molecule is CC(CCO)CNCC(O)Cn1cccn1. The molecule has 0 amide bonds. The molecule has 0 aromatic carbocycles. The Labute approximate surface area is 96.1 Å². The van der Waals surface area contributed by atoms with Crippen molar-refractivity contribution in [3.63, 3.8) is 0 Å². The summed E-state index contributed by atoms with van der Waals surface area (Å²) in [5.74, 6) is 0.432. The summed E-state index contributed by atoms with van der Waals surface area (Å²) < 4.78 is 1.71. The average Bonchev–Trinajstić information content (AvgIpc) is 2.70. The second kappa shape index (κ2) is 7.38. The van der Waals surface area contributed by atoms with Gasteiger partial charge in [-0.25, -0.2) is 0 Å². The predicted octanol–water partition coefficient (Wildman–Crippen LogP) is -0.148. The number of rotatable bonds is 8. The van der Waals surface area contributed by atoms with Gasteiger partial charge in [-0.2, -0.15) is 5.10 Å². The van der Waals surface area contributed by atoms with Crippen LogP contribution in [0.4, 0.5) is 0 Å². The van der Waals surface area contributed by atoms with E-state index in [4.69, 9.17) is 5.11 Å². The molecule has 2 atom stereocenters. The number of aliphatic hydroxyl groups excluding tert-OH is 2. The number of aliphatic hydroxyl groups is 2. The molecule has 1 aromatic rings. The maximum atomic E-state index is 9.69. The topological polar surface area (TPSA) is 70.3 Å². The van der Waals surface area contributed by atoms with Crippen LogP contribution in [-0.4, -0.2) is 45.8 Å². The van der Waals surface area contributed by atoms with Crippen LogP contribution in [-0.2, 0) is 6.54 Å². The van der Waals surface area contributed by atoms with Crippen LogP contribution in [0.3, 0.4) is 0 Å². The summed E-state index contributed by atoms with van der Waals surface area (Å²) in [6.07, 6.45) is 3.89. The number of nitrogens with zero attached hydrogens (tertiary/aromatic N) is 2. The van der Waals surface area contributed by atoms with Crippen molar-refractivity contribution in [1.82, 2.24) is 15.1 Å². The Bertz CT molecular complexity index is 264. The highest BCUT2D eigenvalue weighted by Gasteiger charge is 2.06. The maximum Gasteiger partial charge on any atom is 0.0860 e. The first-order valence-electron chi connectivity index (χ1n) is 5.69. The monoisotopic (exact) mass is 227 g/mol. The molecule has 3 N–H and O–H groups in total. The van der Waals surface area contributed by atoms with Crippen molar-refractivity contribution in [3.8, 4) is 0 Å². The van der Waals surface area contributed by atoms with Gasteiger partial charge in [0.1, 0.15) is 0 Å². The van der Waals surface area contributed by atoms with E-state index in [-0.39, 0.29) is 6.61 Å². The fourth-order valence-corrected chi connectivity index (χ4v) is 1.51. The zero-order chi connectivity index (χ0) is 11.8. The van der Waals surface area contributed by atoms with Crippen molar-refractivity contribution in [2.24, 2.45) is 5.92 Å². The van der Waals surface area contributed by atoms with Gasteiger partial charge in [-0.3, -0.25) is 4.68 Å². The van der Waals surface area contributed by atoms with Gasteiger partial charge in [0.2, 0.25) is 0 Å². The first-order chi connectivity index (χ1) is 7.72. The van der Waals surface area contributed by atoms with Gasteiger partial charge in [0, 0.05) is 25.5 Å². The standard InChI is InChI=1S/C11H21N3O2/c1-10(3-6-15)7-12-8-11(16)9-14-5-2-4-13-14/h2,4-5,10-12,15-16H,3,6-9H2,1H3. The minimum absolute atomic E-state index is 0.221. The fourth-order valence-electron chi connectivity index (χ4n) is 1.51. The van der Waals surface area contributed by atoms with E-state index in [0.29, 0.717) is 19.0 Å². The molecule has 0 bridgehead atoms. The predicted molar refractivity (Wildman–Crippen MR) is 62.0 cm³/mol. The van der Waals surface area contributed by atoms with Crippen molar-refractivity contribution in [3.05, 3.63) is 18.5 Å². The van der Waals surface area contributed by atoms with E-state index in [0.717, 1.165) is 13.0 Å². The number of hydrogen-bond donors (Lipinski definition) is 3. The summed E-state index contributed by atoms with van der Waals surface area (Å²) in [6, 6.07) is 1.84. The fraction of sp³-hybridized carbons (Fsp3) is 0.727. The van der Waals surface area contributed by atoms with Crippen LogP contribution in [0.2, 0.25) is 0 Å². The maximum absolute atomic E-state index is 9.69. The molecule has 5 nitrogen and oxygen atoms in total. The third-order valence-corrected chi connectivity index (χ3v) is 2.45. The first kappa shape index (κ1) is 13.2. The molecule has 0 spiro atoms. The Hall–Kier alpha value is -0.910. The molecule has 5 heteroatoms. The molecule has 0 aliphatic rings. The summed E-state index contributed by atoms with van der Waals surface area (Å²) in [6.45, 7) is 4.17. The third-order valence-electron chi connectivity index (χ3n) is 2.45. The minimum atomic E-state index is -0.429. The number of nitrogens with one attached hydrogen (secondary N) is 1. The molecule has 92 valence electrons. The highest BCUT2D eigenvalue weighted by Crippen LogP contribution is 1.98. The number of hydrogen-bond acceptors (Lipinski definition) is 4. The van der Waals surface area contributed by atoms with Crippen LogP contribution in [0.15, 0.2) is 18.5 Å². The first-order valence-corrected chi connectivity index (χ1v) is 5.69. The average molecular weight is 227 g/mol. The van der Waals surface area contributed by atoms with Crippen molar-refractivity contribution in [2.45, 2.75) is 26.0 Å². The summed E-state index contributed by atoms with van der Waals surface area (Å²) in [4.78, 5) is 0. The van der Waals surface area contributed by atoms with E-state index < -0.39 is 6.10 Å². The van der Waals surface area contributed by atoms with Gasteiger partial charge in [0.05, 0.1) is 12.6 Å². The van der Waals surface area contributed by atoms with Gasteiger partial charge < -0.3 is 15.5 Å². The Morgan fingerprint density at radius 2 is 2.25 bits per heavy atom. The quantitative estimate of drug-likeness (QED) is 0.578. The molecule has 1 heterocycles. The van der Waals surface area contributed by atoms with Crippen molar-refractivity contribution in [2.75, 3.05) is 19.7 Å². The second-order valence-electron chi connectivity index (χ2n) is 4.16. The molecule has 0 fully saturated rings. The van der Waals surface area contributed by atoms with Crippen LogP contribution in [0.1, 0.15) is 13.3 Å². The van der Waals surface area contributed by atoms with Gasteiger partial charge in [-0.15, -0.1) is 0 Å². The van der Waals surface area contributed by atoms with Gasteiger partial charge >= 0.3 is 0 Å². The van der Waals surface area contributed by atoms with Gasteiger partial charge in [0.25, 0.3) is 0 Å². The van der Waals surface area contributed by atoms with Crippen LogP contribution >= 0.6 is 0 Å². The molecule has 2 unspecified atom stereocenters. The van der Waals surface area contributed by atoms with Gasteiger partial charge in [-0.1, -0.05) is 6.92 Å². The molecule has 0 saturated carbocycles. The molecular formula is C11H21N3O2. The summed E-state index contributed by atoms with van der Waals surface area (Å²) in [7, 11) is 0. The third kappa shape index (κ3) is 5.25. The smallest absolute Gasteiger partial charge is 0.0860 e. The minimum Gasteiger partial charge on any atom is -0.396 e. The zero-order valence-electron chi connectivity index (χ0n) is 9.71. The van der Waals surface area contributed by atoms with Crippen LogP contribution in [0, 0.1) is 5.92 Å². The molecule has 16 heavy (non-hydrogen) atoms. The second-order valence-corrected chi connectivity index (χ2v) is 4.16. The van der Waals surface area contributed by atoms with E-state index in [9.17, 15) is 5.11 Å². The lowest BCUT2D eigenvalue weighted by atomic mass is 10.1. The molecule has 0 radical (unpaired) electrons. The normalized spacial score (nSPS) is 14.9. The van der Waals surface area contributed by atoms with E-state index >= 15 is 0 Å². The Morgan fingerprint density at radius 3 is 2.88 bits per heavy atom. The van der Waals surface area contributed by atoms with Gasteiger partial charge in [0.15, 0.2) is 0 Å². The summed E-state index contributed by atoms with van der Waals surface area (Å²) in [5.41, 5.74) is 0. The van der Waals surface area contributed by atoms with Crippen LogP contribution < -0.4 is 5.32 Å². The van der Waals surface area contributed by atoms with Crippen LogP contribution in [0.5, 0.6) is 0 Å². The van der Waals surface area contributed by atoms with Crippen molar-refractivity contribution in [1.29, 1.82) is 0 Å². The molecule has 1 aromatic heterocycles. The molecule has 1 rings (SSSR count). The highest BCUT2D eigenvalue weighted by atomic mass is 16.3. The van der Waals surface area contributed by atoms with E-state index in [1.807, 2.05) is 12.3 Å². The van der Waals surface area contributed by atoms with Crippen molar-refractivity contribution >= 4 is 0 Å². The van der Waals surface area contributed by atoms with E-state index in [1.165, 1.54) is 0 Å². The van der Waals surface area contributed by atoms with Crippen LogP contribution in [0.25, 0.3) is 0 Å². The summed E-state index contributed by atoms with van der Waals surface area (Å²) >= 11 is 0. The van der Waals surface area contributed by atoms with Crippen molar-refractivity contribution < 1.29 is 10.2 Å². The van der Waals surface area contributed by atoms with E-state index in [1.54, 1.807) is 10.9 Å². The Morgan fingerprint density at radius 1 is 1.44 bits per heavy atom. The zero-order valence-corrected chi connectivity index (χ0v) is 9.71. The summed E-state index contributed by atoms with van der Waals surface area (Å²) in [5, 5.41) is 25.6. The number of aromatic nitrogens is 2. The highest BCUT2D eigenvalue weighted by molar-refractivity contribution is 4.78. The molecular weight excluding hydrogens is 206 g/mol. The largest absolute Gasteiger partial charge is 0.396 e. The lowest BCUT2D eigenvalue weighted by Gasteiger charge is -2.14. The lowest BCUT2D eigenvalue weighted by molar-refractivity contribution is 0.145. The Balaban J connectivity index is 2.08.